The molecule has 0 fully saturated rings. The molecule has 158 valence electrons. The van der Waals surface area contributed by atoms with Crippen molar-refractivity contribution in [2.24, 2.45) is 0 Å². The van der Waals surface area contributed by atoms with Crippen LogP contribution in [0.5, 0.6) is 0 Å². The van der Waals surface area contributed by atoms with E-state index >= 15 is 0 Å². The fraction of sp³-hybridized carbons (Fsp3) is 0.480. The van der Waals surface area contributed by atoms with Gasteiger partial charge in [0.2, 0.25) is 0 Å². The van der Waals surface area contributed by atoms with E-state index in [-0.39, 0.29) is 6.04 Å². The maximum atomic E-state index is 12.2. The van der Waals surface area contributed by atoms with Gasteiger partial charge in [-0.15, -0.1) is 0 Å². The van der Waals surface area contributed by atoms with Crippen molar-refractivity contribution in [1.29, 1.82) is 0 Å². The number of nitrogens with zero attached hydrogens (tertiary/aromatic N) is 1. The van der Waals surface area contributed by atoms with Crippen molar-refractivity contribution in [1.82, 2.24) is 4.90 Å². The van der Waals surface area contributed by atoms with Gasteiger partial charge in [-0.25, -0.2) is 4.79 Å². The molecule has 0 aliphatic rings. The molecule has 2 aromatic carbocycles. The highest BCUT2D eigenvalue weighted by Gasteiger charge is 2.19. The SMILES string of the molecule is CCCCN(Cc1ccccc1)C(C)c1ccc(C)c(NC(=O)OC(C)(C)C)c1. The van der Waals surface area contributed by atoms with Crippen LogP contribution in [0.25, 0.3) is 0 Å². The van der Waals surface area contributed by atoms with E-state index in [1.165, 1.54) is 11.1 Å². The minimum absolute atomic E-state index is 0.238. The summed E-state index contributed by atoms with van der Waals surface area (Å²) < 4.78 is 5.42. The first-order valence-corrected chi connectivity index (χ1v) is 10.6. The minimum atomic E-state index is -0.518. The second-order valence-electron chi connectivity index (χ2n) is 8.69. The van der Waals surface area contributed by atoms with Gasteiger partial charge >= 0.3 is 6.09 Å². The Balaban J connectivity index is 2.19. The van der Waals surface area contributed by atoms with Crippen molar-refractivity contribution >= 4 is 11.8 Å². The largest absolute Gasteiger partial charge is 0.444 e. The zero-order chi connectivity index (χ0) is 21.4. The third-order valence-corrected chi connectivity index (χ3v) is 4.95. The van der Waals surface area contributed by atoms with Gasteiger partial charge in [-0.2, -0.15) is 0 Å². The van der Waals surface area contributed by atoms with Crippen molar-refractivity contribution < 1.29 is 9.53 Å². The molecule has 4 nitrogen and oxygen atoms in total. The van der Waals surface area contributed by atoms with Crippen LogP contribution in [0.3, 0.4) is 0 Å². The predicted molar refractivity (Wildman–Crippen MR) is 121 cm³/mol. The number of aryl methyl sites for hydroxylation is 1. The van der Waals surface area contributed by atoms with Gasteiger partial charge in [0.25, 0.3) is 0 Å². The number of amides is 1. The second kappa shape index (κ2) is 10.4. The van der Waals surface area contributed by atoms with Crippen LogP contribution in [0.2, 0.25) is 0 Å². The number of carbonyl (C=O) groups excluding carboxylic acids is 1. The molecule has 0 radical (unpaired) electrons. The molecule has 0 aliphatic heterocycles. The lowest BCUT2D eigenvalue weighted by Gasteiger charge is -2.30. The summed E-state index contributed by atoms with van der Waals surface area (Å²) in [7, 11) is 0. The van der Waals surface area contributed by atoms with Gasteiger partial charge in [0.15, 0.2) is 0 Å². The molecule has 1 N–H and O–H groups in total. The molecule has 1 atom stereocenters. The second-order valence-corrected chi connectivity index (χ2v) is 8.69. The molecule has 29 heavy (non-hydrogen) atoms. The summed E-state index contributed by atoms with van der Waals surface area (Å²) in [4.78, 5) is 14.7. The van der Waals surface area contributed by atoms with Gasteiger partial charge in [-0.3, -0.25) is 10.2 Å². The number of anilines is 1. The molecule has 0 aliphatic carbocycles. The van der Waals surface area contributed by atoms with Crippen LogP contribution in [-0.4, -0.2) is 23.1 Å². The van der Waals surface area contributed by atoms with Crippen molar-refractivity contribution in [3.63, 3.8) is 0 Å². The maximum Gasteiger partial charge on any atom is 0.412 e. The fourth-order valence-corrected chi connectivity index (χ4v) is 3.25. The van der Waals surface area contributed by atoms with E-state index in [4.69, 9.17) is 4.74 Å². The molecule has 0 bridgehead atoms. The standard InChI is InChI=1S/C25H36N2O2/c1-7-8-16-27(18-21-12-10-9-11-13-21)20(3)22-15-14-19(2)23(17-22)26-24(28)29-25(4,5)6/h9-15,17,20H,7-8,16,18H2,1-6H3,(H,26,28). The number of hydrogen-bond acceptors (Lipinski definition) is 3. The van der Waals surface area contributed by atoms with Gasteiger partial charge < -0.3 is 4.74 Å². The Labute approximate surface area is 176 Å². The molecule has 4 heteroatoms. The van der Waals surface area contributed by atoms with Crippen LogP contribution in [0.4, 0.5) is 10.5 Å². The first-order chi connectivity index (χ1) is 13.7. The monoisotopic (exact) mass is 396 g/mol. The minimum Gasteiger partial charge on any atom is -0.444 e. The van der Waals surface area contributed by atoms with E-state index in [0.717, 1.165) is 37.2 Å². The zero-order valence-corrected chi connectivity index (χ0v) is 18.8. The third kappa shape index (κ3) is 7.54. The summed E-state index contributed by atoms with van der Waals surface area (Å²) in [5.74, 6) is 0. The van der Waals surface area contributed by atoms with Crippen LogP contribution in [-0.2, 0) is 11.3 Å². The summed E-state index contributed by atoms with van der Waals surface area (Å²) in [5.41, 5.74) is 3.81. The van der Waals surface area contributed by atoms with Gasteiger partial charge in [0, 0.05) is 18.3 Å². The number of unbranched alkanes of at least 4 members (excludes halogenated alkanes) is 1. The lowest BCUT2D eigenvalue weighted by molar-refractivity contribution is 0.0636. The maximum absolute atomic E-state index is 12.2. The molecule has 0 spiro atoms. The smallest absolute Gasteiger partial charge is 0.412 e. The van der Waals surface area contributed by atoms with Gasteiger partial charge in [0.05, 0.1) is 0 Å². The number of ether oxygens (including phenoxy) is 1. The Kier molecular flexibility index (Phi) is 8.27. The molecular weight excluding hydrogens is 360 g/mol. The van der Waals surface area contributed by atoms with Crippen molar-refractivity contribution in [3.05, 3.63) is 65.2 Å². The van der Waals surface area contributed by atoms with Crippen molar-refractivity contribution in [3.8, 4) is 0 Å². The quantitative estimate of drug-likeness (QED) is 0.539. The molecule has 1 unspecified atom stereocenters. The van der Waals surface area contributed by atoms with Crippen molar-refractivity contribution in [2.75, 3.05) is 11.9 Å². The number of rotatable bonds is 8. The molecule has 2 rings (SSSR count). The number of benzene rings is 2. The Hall–Kier alpha value is -2.33. The predicted octanol–water partition coefficient (Wildman–Crippen LogP) is 6.71. The molecule has 0 saturated heterocycles. The van der Waals surface area contributed by atoms with Gasteiger partial charge in [-0.1, -0.05) is 55.8 Å². The Morgan fingerprint density at radius 3 is 2.45 bits per heavy atom. The van der Waals surface area contributed by atoms with E-state index in [2.05, 4.69) is 72.6 Å². The lowest BCUT2D eigenvalue weighted by Crippen LogP contribution is -2.28. The first kappa shape index (κ1) is 23.0. The van der Waals surface area contributed by atoms with Crippen molar-refractivity contribution in [2.45, 2.75) is 72.6 Å². The van der Waals surface area contributed by atoms with E-state index < -0.39 is 11.7 Å². The third-order valence-electron chi connectivity index (χ3n) is 4.95. The molecule has 0 heterocycles. The molecule has 2 aromatic rings. The fourth-order valence-electron chi connectivity index (χ4n) is 3.25. The van der Waals surface area contributed by atoms with Gasteiger partial charge in [-0.05, 0) is 70.3 Å². The summed E-state index contributed by atoms with van der Waals surface area (Å²) in [5, 5.41) is 2.91. The summed E-state index contributed by atoms with van der Waals surface area (Å²) in [6.07, 6.45) is 1.90. The normalized spacial score (nSPS) is 12.7. The Morgan fingerprint density at radius 1 is 1.14 bits per heavy atom. The summed E-state index contributed by atoms with van der Waals surface area (Å²) in [6, 6.07) is 17.1. The van der Waals surface area contributed by atoms with E-state index in [1.807, 2.05) is 27.7 Å². The average Bonchev–Trinajstić information content (AvgIpc) is 2.65. The average molecular weight is 397 g/mol. The first-order valence-electron chi connectivity index (χ1n) is 10.6. The van der Waals surface area contributed by atoms with Gasteiger partial charge in [0.1, 0.15) is 5.60 Å². The Morgan fingerprint density at radius 2 is 1.83 bits per heavy atom. The van der Waals surface area contributed by atoms with Crippen LogP contribution in [0.15, 0.2) is 48.5 Å². The molecule has 1 amide bonds. The highest BCUT2D eigenvalue weighted by atomic mass is 16.6. The van der Waals surface area contributed by atoms with Crippen LogP contribution >= 0.6 is 0 Å². The summed E-state index contributed by atoms with van der Waals surface area (Å²) >= 11 is 0. The van der Waals surface area contributed by atoms with E-state index in [9.17, 15) is 4.79 Å². The molecule has 0 aromatic heterocycles. The van der Waals surface area contributed by atoms with E-state index in [1.54, 1.807) is 0 Å². The highest BCUT2D eigenvalue weighted by Crippen LogP contribution is 2.27. The summed E-state index contributed by atoms with van der Waals surface area (Å²) in [6.45, 7) is 14.0. The zero-order valence-electron chi connectivity index (χ0n) is 18.8. The molecule has 0 saturated carbocycles. The van der Waals surface area contributed by atoms with E-state index in [0.29, 0.717) is 0 Å². The number of nitrogens with one attached hydrogen (secondary N) is 1. The number of carbonyl (C=O) groups is 1. The van der Waals surface area contributed by atoms with Crippen LogP contribution in [0.1, 0.15) is 70.2 Å². The lowest BCUT2D eigenvalue weighted by atomic mass is 10.0. The topological polar surface area (TPSA) is 41.6 Å². The molecular formula is C25H36N2O2. The van der Waals surface area contributed by atoms with Crippen LogP contribution < -0.4 is 5.32 Å². The van der Waals surface area contributed by atoms with Crippen LogP contribution in [0, 0.1) is 6.92 Å². The Bertz CT molecular complexity index is 781. The number of hydrogen-bond donors (Lipinski definition) is 1. The highest BCUT2D eigenvalue weighted by molar-refractivity contribution is 5.86.